The zero-order chi connectivity index (χ0) is 21.6. The Kier molecular flexibility index (Phi) is 7.21. The van der Waals surface area contributed by atoms with Crippen LogP contribution in [0.25, 0.3) is 0 Å². The zero-order valence-corrected chi connectivity index (χ0v) is 16.1. The van der Waals surface area contributed by atoms with Gasteiger partial charge in [0.25, 0.3) is 0 Å². The molecule has 1 aromatic carbocycles. The van der Waals surface area contributed by atoms with Crippen LogP contribution in [-0.2, 0) is 23.1 Å². The third-order valence-electron chi connectivity index (χ3n) is 3.71. The Morgan fingerprint density at radius 2 is 1.90 bits per heavy atom. The second kappa shape index (κ2) is 9.41. The minimum Gasteiger partial charge on any atom is -0.462 e. The molecule has 0 aliphatic carbocycles. The molecule has 0 aliphatic heterocycles. The van der Waals surface area contributed by atoms with Crippen molar-refractivity contribution in [2.24, 2.45) is 7.05 Å². The molecule has 158 valence electrons. The summed E-state index contributed by atoms with van der Waals surface area (Å²) in [5.74, 6) is -1.08. The summed E-state index contributed by atoms with van der Waals surface area (Å²) in [5, 5.41) is 6.57. The highest BCUT2D eigenvalue weighted by Gasteiger charge is 2.31. The van der Waals surface area contributed by atoms with Gasteiger partial charge in [0.05, 0.1) is 19.3 Å². The molecule has 0 aliphatic rings. The Hall–Kier alpha value is -3.08. The summed E-state index contributed by atoms with van der Waals surface area (Å²) in [6, 6.07) is 5.38. The third kappa shape index (κ3) is 6.79. The van der Waals surface area contributed by atoms with Crippen molar-refractivity contribution in [3.05, 3.63) is 41.6 Å². The van der Waals surface area contributed by atoms with Gasteiger partial charge in [0.2, 0.25) is 5.91 Å². The van der Waals surface area contributed by atoms with E-state index in [1.807, 2.05) is 0 Å². The highest BCUT2D eigenvalue weighted by atomic mass is 19.4. The van der Waals surface area contributed by atoms with Crippen LogP contribution < -0.4 is 10.1 Å². The van der Waals surface area contributed by atoms with Gasteiger partial charge in [0.15, 0.2) is 0 Å². The molecule has 0 saturated heterocycles. The lowest BCUT2D eigenvalue weighted by Gasteiger charge is -2.17. The van der Waals surface area contributed by atoms with Crippen LogP contribution in [-0.4, -0.2) is 53.1 Å². The van der Waals surface area contributed by atoms with E-state index in [0.29, 0.717) is 12.1 Å². The monoisotopic (exact) mass is 414 g/mol. The lowest BCUT2D eigenvalue weighted by Crippen LogP contribution is -2.31. The molecule has 1 heterocycles. The van der Waals surface area contributed by atoms with Gasteiger partial charge in [0.1, 0.15) is 17.1 Å². The molecule has 0 radical (unpaired) electrons. The number of carbonyl (C=O) groups is 2. The number of ether oxygens (including phenoxy) is 2. The third-order valence-corrected chi connectivity index (χ3v) is 3.71. The van der Waals surface area contributed by atoms with Crippen LogP contribution in [0.1, 0.15) is 22.8 Å². The predicted molar refractivity (Wildman–Crippen MR) is 97.3 cm³/mol. The van der Waals surface area contributed by atoms with Crippen molar-refractivity contribution in [1.29, 1.82) is 0 Å². The van der Waals surface area contributed by atoms with Crippen LogP contribution in [0.4, 0.5) is 19.0 Å². The lowest BCUT2D eigenvalue weighted by atomic mass is 10.2. The summed E-state index contributed by atoms with van der Waals surface area (Å²) in [5.41, 5.74) is 0.841. The Bertz CT molecular complexity index is 850. The van der Waals surface area contributed by atoms with E-state index < -0.39 is 18.2 Å². The molecular formula is C18H21F3N4O4. The smallest absolute Gasteiger partial charge is 0.462 e. The van der Waals surface area contributed by atoms with E-state index in [-0.39, 0.29) is 30.3 Å². The number of anilines is 1. The van der Waals surface area contributed by atoms with Gasteiger partial charge >= 0.3 is 12.3 Å². The minimum absolute atomic E-state index is 0.0196. The topological polar surface area (TPSA) is 85.7 Å². The van der Waals surface area contributed by atoms with Gasteiger partial charge in [0, 0.05) is 13.6 Å². The minimum atomic E-state index is -4.75. The number of likely N-dealkylation sites (N-methyl/N-ethyl adjacent to an activating group) is 1. The summed E-state index contributed by atoms with van der Waals surface area (Å²) >= 11 is 0. The van der Waals surface area contributed by atoms with Crippen molar-refractivity contribution >= 4 is 17.7 Å². The van der Waals surface area contributed by atoms with Gasteiger partial charge < -0.3 is 14.8 Å². The summed E-state index contributed by atoms with van der Waals surface area (Å²) in [4.78, 5) is 25.9. The second-order valence-electron chi connectivity index (χ2n) is 6.16. The van der Waals surface area contributed by atoms with Crippen LogP contribution in [0.15, 0.2) is 30.5 Å². The van der Waals surface area contributed by atoms with E-state index in [2.05, 4.69) is 15.2 Å². The summed E-state index contributed by atoms with van der Waals surface area (Å²) in [6.07, 6.45) is -3.44. The molecule has 0 fully saturated rings. The normalized spacial score (nSPS) is 11.4. The van der Waals surface area contributed by atoms with Crippen LogP contribution in [0, 0.1) is 0 Å². The van der Waals surface area contributed by atoms with Crippen molar-refractivity contribution in [2.75, 3.05) is 25.5 Å². The maximum atomic E-state index is 12.3. The highest BCUT2D eigenvalue weighted by Crippen LogP contribution is 2.23. The number of aryl methyl sites for hydroxylation is 1. The van der Waals surface area contributed by atoms with Crippen molar-refractivity contribution in [2.45, 2.75) is 19.8 Å². The maximum absolute atomic E-state index is 12.3. The molecule has 1 amide bonds. The average molecular weight is 414 g/mol. The van der Waals surface area contributed by atoms with E-state index in [1.165, 1.54) is 35.1 Å². The lowest BCUT2D eigenvalue weighted by molar-refractivity contribution is -0.274. The first-order chi connectivity index (χ1) is 13.6. The van der Waals surface area contributed by atoms with Crippen LogP contribution in [0.3, 0.4) is 0 Å². The Labute approximate surface area is 165 Å². The molecule has 0 spiro atoms. The number of nitrogens with zero attached hydrogens (tertiary/aromatic N) is 3. The number of nitrogens with one attached hydrogen (secondary N) is 1. The van der Waals surface area contributed by atoms with Crippen molar-refractivity contribution in [3.63, 3.8) is 0 Å². The number of carbonyl (C=O) groups excluding carboxylic acids is 2. The van der Waals surface area contributed by atoms with Gasteiger partial charge in [-0.05, 0) is 31.7 Å². The van der Waals surface area contributed by atoms with Crippen LogP contribution in [0.5, 0.6) is 5.75 Å². The molecule has 2 rings (SSSR count). The standard InChI is InChI=1S/C18H21F3N4O4/c1-4-28-17(27)14-9-22-25(3)16(14)23-15(26)11-24(2)10-12-5-7-13(8-6-12)29-18(19,20)21/h5-9H,4,10-11H2,1-3H3,(H,23,26). The van der Waals surface area contributed by atoms with Gasteiger partial charge in [-0.3, -0.25) is 14.4 Å². The Morgan fingerprint density at radius 1 is 1.24 bits per heavy atom. The molecule has 11 heteroatoms. The van der Waals surface area contributed by atoms with Gasteiger partial charge in [-0.1, -0.05) is 12.1 Å². The molecule has 0 atom stereocenters. The number of rotatable bonds is 8. The molecule has 1 N–H and O–H groups in total. The molecule has 0 unspecified atom stereocenters. The fraction of sp³-hybridized carbons (Fsp3) is 0.389. The van der Waals surface area contributed by atoms with Gasteiger partial charge in [-0.2, -0.15) is 5.10 Å². The number of benzene rings is 1. The van der Waals surface area contributed by atoms with Crippen LogP contribution >= 0.6 is 0 Å². The molecule has 8 nitrogen and oxygen atoms in total. The fourth-order valence-corrected chi connectivity index (χ4v) is 2.52. The Morgan fingerprint density at radius 3 is 2.48 bits per heavy atom. The number of halogens is 3. The number of alkyl halides is 3. The molecule has 1 aromatic heterocycles. The summed E-state index contributed by atoms with van der Waals surface area (Å²) < 4.78 is 46.7. The second-order valence-corrected chi connectivity index (χ2v) is 6.16. The zero-order valence-electron chi connectivity index (χ0n) is 16.1. The fourth-order valence-electron chi connectivity index (χ4n) is 2.52. The number of hydrogen-bond donors (Lipinski definition) is 1. The van der Waals surface area contributed by atoms with E-state index >= 15 is 0 Å². The first-order valence-corrected chi connectivity index (χ1v) is 8.61. The van der Waals surface area contributed by atoms with Crippen LogP contribution in [0.2, 0.25) is 0 Å². The predicted octanol–water partition coefficient (Wildman–Crippen LogP) is 2.57. The molecule has 0 saturated carbocycles. The molecule has 2 aromatic rings. The maximum Gasteiger partial charge on any atom is 0.573 e. The van der Waals surface area contributed by atoms with E-state index in [4.69, 9.17) is 4.74 Å². The average Bonchev–Trinajstić information content (AvgIpc) is 2.96. The number of hydrogen-bond acceptors (Lipinski definition) is 6. The summed E-state index contributed by atoms with van der Waals surface area (Å²) in [7, 11) is 3.25. The quantitative estimate of drug-likeness (QED) is 0.669. The number of esters is 1. The van der Waals surface area contributed by atoms with Gasteiger partial charge in [-0.15, -0.1) is 13.2 Å². The van der Waals surface area contributed by atoms with Crippen molar-refractivity contribution in [3.8, 4) is 5.75 Å². The largest absolute Gasteiger partial charge is 0.573 e. The number of aromatic nitrogens is 2. The van der Waals surface area contributed by atoms with Gasteiger partial charge in [-0.25, -0.2) is 4.79 Å². The highest BCUT2D eigenvalue weighted by molar-refractivity contribution is 6.00. The first kappa shape index (κ1) is 22.2. The van der Waals surface area contributed by atoms with E-state index in [1.54, 1.807) is 25.9 Å². The Balaban J connectivity index is 1.93. The van der Waals surface area contributed by atoms with Crippen molar-refractivity contribution < 1.29 is 32.2 Å². The van der Waals surface area contributed by atoms with E-state index in [9.17, 15) is 22.8 Å². The number of amides is 1. The molecular weight excluding hydrogens is 393 g/mol. The van der Waals surface area contributed by atoms with Crippen molar-refractivity contribution in [1.82, 2.24) is 14.7 Å². The SMILES string of the molecule is CCOC(=O)c1cnn(C)c1NC(=O)CN(C)Cc1ccc(OC(F)(F)F)cc1. The van der Waals surface area contributed by atoms with E-state index in [0.717, 1.165) is 0 Å². The first-order valence-electron chi connectivity index (χ1n) is 8.61. The molecule has 0 bridgehead atoms. The summed E-state index contributed by atoms with van der Waals surface area (Å²) in [6.45, 7) is 2.16. The molecule has 29 heavy (non-hydrogen) atoms.